The number of rotatable bonds is 4. The first-order valence-electron chi connectivity index (χ1n) is 8.26. The topological polar surface area (TPSA) is 41.4 Å². The maximum atomic E-state index is 12.5. The van der Waals surface area contributed by atoms with Crippen molar-refractivity contribution in [3.05, 3.63) is 53.3 Å². The van der Waals surface area contributed by atoms with E-state index in [1.807, 2.05) is 24.1 Å². The Bertz CT molecular complexity index is 654. The smallest absolute Gasteiger partial charge is 0.274 e. The number of benzene rings is 1. The van der Waals surface area contributed by atoms with Crippen LogP contribution in [0.4, 0.5) is 0 Å². The first-order valence-corrected chi connectivity index (χ1v) is 8.26. The van der Waals surface area contributed by atoms with E-state index in [2.05, 4.69) is 41.2 Å². The molecule has 0 atom stereocenters. The molecule has 0 unspecified atom stereocenters. The lowest BCUT2D eigenvalue weighted by Gasteiger charge is -2.34. The molecule has 0 N–H and O–H groups in total. The van der Waals surface area contributed by atoms with Crippen molar-refractivity contribution in [2.45, 2.75) is 26.9 Å². The summed E-state index contributed by atoms with van der Waals surface area (Å²) in [7, 11) is 0. The largest absolute Gasteiger partial charge is 0.335 e. The van der Waals surface area contributed by atoms with E-state index < -0.39 is 0 Å². The third kappa shape index (κ3) is 3.79. The van der Waals surface area contributed by atoms with Crippen LogP contribution in [0.2, 0.25) is 0 Å². The van der Waals surface area contributed by atoms with Crippen molar-refractivity contribution in [3.8, 4) is 0 Å². The van der Waals surface area contributed by atoms with Crippen molar-refractivity contribution in [2.24, 2.45) is 0 Å². The Balaban J connectivity index is 1.53. The van der Waals surface area contributed by atoms with Gasteiger partial charge in [-0.15, -0.1) is 0 Å². The minimum atomic E-state index is 0.0483. The number of hydrogen-bond donors (Lipinski definition) is 0. The van der Waals surface area contributed by atoms with Crippen molar-refractivity contribution in [3.63, 3.8) is 0 Å². The van der Waals surface area contributed by atoms with E-state index >= 15 is 0 Å². The summed E-state index contributed by atoms with van der Waals surface area (Å²) in [6.45, 7) is 9.22. The van der Waals surface area contributed by atoms with E-state index in [1.54, 1.807) is 4.68 Å². The highest BCUT2D eigenvalue weighted by Gasteiger charge is 2.23. The number of hydrogen-bond acceptors (Lipinski definition) is 3. The maximum absolute atomic E-state index is 12.5. The minimum absolute atomic E-state index is 0.0483. The molecule has 0 spiro atoms. The molecule has 0 radical (unpaired) electrons. The van der Waals surface area contributed by atoms with Gasteiger partial charge in [-0.05, 0) is 25.5 Å². The first-order chi connectivity index (χ1) is 11.2. The molecule has 3 rings (SSSR count). The van der Waals surface area contributed by atoms with Crippen LogP contribution in [-0.4, -0.2) is 51.7 Å². The fourth-order valence-corrected chi connectivity index (χ4v) is 2.87. The molecule has 2 aromatic rings. The number of piperazine rings is 1. The summed E-state index contributed by atoms with van der Waals surface area (Å²) in [5.74, 6) is 0.0483. The van der Waals surface area contributed by atoms with Crippen LogP contribution in [0.1, 0.15) is 28.5 Å². The molecule has 1 aromatic carbocycles. The third-order valence-corrected chi connectivity index (χ3v) is 4.37. The van der Waals surface area contributed by atoms with Crippen LogP contribution in [-0.2, 0) is 13.1 Å². The molecule has 2 heterocycles. The second kappa shape index (κ2) is 6.96. The molecule has 1 amide bonds. The second-order valence-corrected chi connectivity index (χ2v) is 6.11. The van der Waals surface area contributed by atoms with E-state index in [4.69, 9.17) is 0 Å². The SMILES string of the molecule is CCn1ccc(C(=O)N2CCN(Cc3ccc(C)cc3)CC2)n1. The monoisotopic (exact) mass is 312 g/mol. The summed E-state index contributed by atoms with van der Waals surface area (Å²) in [6, 6.07) is 10.5. The molecule has 5 nitrogen and oxygen atoms in total. The quantitative estimate of drug-likeness (QED) is 0.869. The standard InChI is InChI=1S/C18H24N4O/c1-3-22-9-8-17(19-22)18(23)21-12-10-20(11-13-21)14-16-6-4-15(2)5-7-16/h4-9H,3,10-14H2,1-2H3. The average Bonchev–Trinajstić information content (AvgIpc) is 3.06. The van der Waals surface area contributed by atoms with Gasteiger partial charge in [0.2, 0.25) is 0 Å². The highest BCUT2D eigenvalue weighted by atomic mass is 16.2. The average molecular weight is 312 g/mol. The molecule has 23 heavy (non-hydrogen) atoms. The molecule has 0 bridgehead atoms. The number of carbonyl (C=O) groups is 1. The Hall–Kier alpha value is -2.14. The summed E-state index contributed by atoms with van der Waals surface area (Å²) in [4.78, 5) is 16.8. The predicted molar refractivity (Wildman–Crippen MR) is 90.3 cm³/mol. The second-order valence-electron chi connectivity index (χ2n) is 6.11. The number of aryl methyl sites for hydroxylation is 2. The molecule has 1 fully saturated rings. The van der Waals surface area contributed by atoms with Gasteiger partial charge in [-0.1, -0.05) is 29.8 Å². The molecule has 1 aliphatic heterocycles. The molecule has 0 saturated carbocycles. The molecule has 1 aliphatic rings. The van der Waals surface area contributed by atoms with Gasteiger partial charge in [-0.3, -0.25) is 14.4 Å². The van der Waals surface area contributed by atoms with Gasteiger partial charge in [0.25, 0.3) is 5.91 Å². The van der Waals surface area contributed by atoms with Crippen molar-refractivity contribution < 1.29 is 4.79 Å². The highest BCUT2D eigenvalue weighted by Crippen LogP contribution is 2.11. The number of nitrogens with zero attached hydrogens (tertiary/aromatic N) is 4. The van der Waals surface area contributed by atoms with Crippen LogP contribution in [0.25, 0.3) is 0 Å². The fourth-order valence-electron chi connectivity index (χ4n) is 2.87. The number of amides is 1. The maximum Gasteiger partial charge on any atom is 0.274 e. The summed E-state index contributed by atoms with van der Waals surface area (Å²) in [5.41, 5.74) is 3.17. The van der Waals surface area contributed by atoms with Gasteiger partial charge in [0.15, 0.2) is 0 Å². The van der Waals surface area contributed by atoms with E-state index in [0.29, 0.717) is 5.69 Å². The van der Waals surface area contributed by atoms with Crippen molar-refractivity contribution >= 4 is 5.91 Å². The lowest BCUT2D eigenvalue weighted by molar-refractivity contribution is 0.0622. The third-order valence-electron chi connectivity index (χ3n) is 4.37. The van der Waals surface area contributed by atoms with E-state index in [1.165, 1.54) is 11.1 Å². The molecule has 1 saturated heterocycles. The van der Waals surface area contributed by atoms with E-state index in [-0.39, 0.29) is 5.91 Å². The lowest BCUT2D eigenvalue weighted by atomic mass is 10.1. The normalized spacial score (nSPS) is 15.8. The van der Waals surface area contributed by atoms with Crippen LogP contribution in [0.5, 0.6) is 0 Å². The summed E-state index contributed by atoms with van der Waals surface area (Å²) in [5, 5.41) is 4.31. The summed E-state index contributed by atoms with van der Waals surface area (Å²) < 4.78 is 1.79. The lowest BCUT2D eigenvalue weighted by Crippen LogP contribution is -2.48. The zero-order valence-electron chi connectivity index (χ0n) is 13.9. The minimum Gasteiger partial charge on any atom is -0.335 e. The predicted octanol–water partition coefficient (Wildman–Crippen LogP) is 2.17. The van der Waals surface area contributed by atoms with Crippen molar-refractivity contribution in [2.75, 3.05) is 26.2 Å². The molecular formula is C18H24N4O. The van der Waals surface area contributed by atoms with Gasteiger partial charge < -0.3 is 4.90 Å². The van der Waals surface area contributed by atoms with E-state index in [9.17, 15) is 4.79 Å². The zero-order valence-corrected chi connectivity index (χ0v) is 13.9. The first kappa shape index (κ1) is 15.7. The van der Waals surface area contributed by atoms with Crippen LogP contribution < -0.4 is 0 Å². The Morgan fingerprint density at radius 1 is 1.09 bits per heavy atom. The van der Waals surface area contributed by atoms with Gasteiger partial charge in [0, 0.05) is 45.5 Å². The molecule has 1 aromatic heterocycles. The van der Waals surface area contributed by atoms with Crippen molar-refractivity contribution in [1.82, 2.24) is 19.6 Å². The van der Waals surface area contributed by atoms with Crippen LogP contribution in [0, 0.1) is 6.92 Å². The van der Waals surface area contributed by atoms with Crippen LogP contribution >= 0.6 is 0 Å². The Morgan fingerprint density at radius 3 is 2.39 bits per heavy atom. The number of carbonyl (C=O) groups excluding carboxylic acids is 1. The van der Waals surface area contributed by atoms with Crippen molar-refractivity contribution in [1.29, 1.82) is 0 Å². The summed E-state index contributed by atoms with van der Waals surface area (Å²) in [6.07, 6.45) is 1.86. The molecule has 0 aliphatic carbocycles. The Kier molecular flexibility index (Phi) is 4.76. The van der Waals surface area contributed by atoms with Gasteiger partial charge in [0.1, 0.15) is 5.69 Å². The zero-order chi connectivity index (χ0) is 16.2. The van der Waals surface area contributed by atoms with Gasteiger partial charge in [-0.25, -0.2) is 0 Å². The molecule has 122 valence electrons. The summed E-state index contributed by atoms with van der Waals surface area (Å²) >= 11 is 0. The molecule has 5 heteroatoms. The Labute approximate surface area is 137 Å². The van der Waals surface area contributed by atoms with Gasteiger partial charge >= 0.3 is 0 Å². The van der Waals surface area contributed by atoms with Crippen LogP contribution in [0.15, 0.2) is 36.5 Å². The Morgan fingerprint density at radius 2 is 1.78 bits per heavy atom. The van der Waals surface area contributed by atoms with Crippen LogP contribution in [0.3, 0.4) is 0 Å². The van der Waals surface area contributed by atoms with Gasteiger partial charge in [-0.2, -0.15) is 5.10 Å². The molecular weight excluding hydrogens is 288 g/mol. The van der Waals surface area contributed by atoms with E-state index in [0.717, 1.165) is 39.3 Å². The van der Waals surface area contributed by atoms with Gasteiger partial charge in [0.05, 0.1) is 0 Å². The fraction of sp³-hybridized carbons (Fsp3) is 0.444. The highest BCUT2D eigenvalue weighted by molar-refractivity contribution is 5.92. The number of aromatic nitrogens is 2.